The summed E-state index contributed by atoms with van der Waals surface area (Å²) in [4.78, 5) is 12.4. The van der Waals surface area contributed by atoms with Gasteiger partial charge in [0, 0.05) is 18.6 Å². The lowest BCUT2D eigenvalue weighted by Crippen LogP contribution is -2.25. The van der Waals surface area contributed by atoms with Crippen molar-refractivity contribution >= 4 is 31.9 Å². The summed E-state index contributed by atoms with van der Waals surface area (Å²) in [5.74, 6) is 0.0861. The van der Waals surface area contributed by atoms with E-state index >= 15 is 0 Å². The molecule has 0 spiro atoms. The highest BCUT2D eigenvalue weighted by Crippen LogP contribution is 2.28. The molecule has 0 bridgehead atoms. The van der Waals surface area contributed by atoms with Crippen LogP contribution in [0, 0.1) is 5.92 Å². The Morgan fingerprint density at radius 2 is 2.00 bits per heavy atom. The SMILES string of the molecule is CC1CCCC(OC(=O)c2ccc(Br)c(S(=O)(=O)N(C)C)c2)C1. The van der Waals surface area contributed by atoms with Crippen LogP contribution in [0.1, 0.15) is 43.0 Å². The van der Waals surface area contributed by atoms with Gasteiger partial charge in [-0.25, -0.2) is 17.5 Å². The van der Waals surface area contributed by atoms with E-state index in [0.717, 1.165) is 30.0 Å². The normalized spacial score (nSPS) is 22.1. The molecule has 0 heterocycles. The molecule has 0 amide bonds. The topological polar surface area (TPSA) is 63.7 Å². The van der Waals surface area contributed by atoms with E-state index in [9.17, 15) is 13.2 Å². The number of carbonyl (C=O) groups is 1. The summed E-state index contributed by atoms with van der Waals surface area (Å²) in [6.45, 7) is 2.15. The van der Waals surface area contributed by atoms with E-state index in [1.54, 1.807) is 12.1 Å². The summed E-state index contributed by atoms with van der Waals surface area (Å²) < 4.78 is 31.7. The van der Waals surface area contributed by atoms with Gasteiger partial charge in [-0.05, 0) is 59.3 Å². The Labute approximate surface area is 146 Å². The fourth-order valence-corrected chi connectivity index (χ4v) is 4.57. The Hall–Kier alpha value is -0.920. The fraction of sp³-hybridized carbons (Fsp3) is 0.562. The first-order valence-electron chi connectivity index (χ1n) is 7.65. The summed E-state index contributed by atoms with van der Waals surface area (Å²) in [7, 11) is -0.718. The van der Waals surface area contributed by atoms with E-state index in [0.29, 0.717) is 10.4 Å². The minimum atomic E-state index is -3.63. The molecule has 0 radical (unpaired) electrons. The van der Waals surface area contributed by atoms with Gasteiger partial charge in [-0.15, -0.1) is 0 Å². The summed E-state index contributed by atoms with van der Waals surface area (Å²) in [5.41, 5.74) is 0.256. The Morgan fingerprint density at radius 1 is 1.30 bits per heavy atom. The molecule has 1 aliphatic carbocycles. The quantitative estimate of drug-likeness (QED) is 0.722. The average Bonchev–Trinajstić information content (AvgIpc) is 2.47. The number of carbonyl (C=O) groups excluding carboxylic acids is 1. The van der Waals surface area contributed by atoms with E-state index in [-0.39, 0.29) is 16.6 Å². The summed E-state index contributed by atoms with van der Waals surface area (Å²) in [5, 5.41) is 0. The van der Waals surface area contributed by atoms with E-state index < -0.39 is 16.0 Å². The lowest BCUT2D eigenvalue weighted by molar-refractivity contribution is 0.0155. The lowest BCUT2D eigenvalue weighted by atomic mass is 9.89. The minimum absolute atomic E-state index is 0.0639. The standard InChI is InChI=1S/C16H22BrNO4S/c1-11-5-4-6-13(9-11)22-16(19)12-7-8-14(17)15(10-12)23(20,21)18(2)3/h7-8,10-11,13H,4-6,9H2,1-3H3. The molecule has 7 heteroatoms. The highest BCUT2D eigenvalue weighted by molar-refractivity contribution is 9.10. The number of ether oxygens (including phenoxy) is 1. The van der Waals surface area contributed by atoms with E-state index in [4.69, 9.17) is 4.74 Å². The van der Waals surface area contributed by atoms with Gasteiger partial charge in [-0.1, -0.05) is 13.3 Å². The third kappa shape index (κ3) is 4.33. The number of nitrogens with zero attached hydrogens (tertiary/aromatic N) is 1. The van der Waals surface area contributed by atoms with Crippen LogP contribution in [0.25, 0.3) is 0 Å². The van der Waals surface area contributed by atoms with Crippen molar-refractivity contribution < 1.29 is 17.9 Å². The summed E-state index contributed by atoms with van der Waals surface area (Å²) >= 11 is 3.23. The molecule has 2 atom stereocenters. The van der Waals surface area contributed by atoms with E-state index in [1.807, 2.05) is 0 Å². The second-order valence-corrected chi connectivity index (χ2v) is 9.21. The maximum atomic E-state index is 12.3. The van der Waals surface area contributed by atoms with Crippen molar-refractivity contribution in [2.24, 2.45) is 5.92 Å². The summed E-state index contributed by atoms with van der Waals surface area (Å²) in [6, 6.07) is 4.51. The predicted octanol–water partition coefficient (Wildman–Crippen LogP) is 3.43. The van der Waals surface area contributed by atoms with Crippen LogP contribution >= 0.6 is 15.9 Å². The van der Waals surface area contributed by atoms with Crippen molar-refractivity contribution in [3.8, 4) is 0 Å². The van der Waals surface area contributed by atoms with Gasteiger partial charge in [0.15, 0.2) is 0 Å². The molecule has 0 aromatic heterocycles. The fourth-order valence-electron chi connectivity index (χ4n) is 2.73. The third-order valence-electron chi connectivity index (χ3n) is 4.09. The maximum Gasteiger partial charge on any atom is 0.338 e. The van der Waals surface area contributed by atoms with Crippen LogP contribution in [-0.2, 0) is 14.8 Å². The van der Waals surface area contributed by atoms with Crippen LogP contribution in [0.5, 0.6) is 0 Å². The number of rotatable bonds is 4. The molecule has 2 rings (SSSR count). The van der Waals surface area contributed by atoms with E-state index in [1.165, 1.54) is 20.2 Å². The molecule has 1 aliphatic rings. The first-order valence-corrected chi connectivity index (χ1v) is 9.88. The first kappa shape index (κ1) is 18.4. The van der Waals surface area contributed by atoms with Crippen molar-refractivity contribution in [3.05, 3.63) is 28.2 Å². The molecule has 5 nitrogen and oxygen atoms in total. The second-order valence-electron chi connectivity index (χ2n) is 6.23. The third-order valence-corrected chi connectivity index (χ3v) is 6.90. The van der Waals surface area contributed by atoms with Crippen LogP contribution < -0.4 is 0 Å². The van der Waals surface area contributed by atoms with Crippen LogP contribution in [0.15, 0.2) is 27.6 Å². The number of sulfonamides is 1. The Balaban J connectivity index is 2.22. The van der Waals surface area contributed by atoms with Crippen LogP contribution in [-0.4, -0.2) is 38.9 Å². The van der Waals surface area contributed by atoms with Crippen molar-refractivity contribution in [2.75, 3.05) is 14.1 Å². The molecule has 1 saturated carbocycles. The zero-order chi connectivity index (χ0) is 17.2. The van der Waals surface area contributed by atoms with Crippen molar-refractivity contribution in [2.45, 2.75) is 43.6 Å². The smallest absolute Gasteiger partial charge is 0.338 e. The molecule has 0 N–H and O–H groups in total. The number of esters is 1. The Bertz CT molecular complexity index is 687. The average molecular weight is 404 g/mol. The van der Waals surface area contributed by atoms with Crippen LogP contribution in [0.3, 0.4) is 0 Å². The van der Waals surface area contributed by atoms with E-state index in [2.05, 4.69) is 22.9 Å². The molecule has 23 heavy (non-hydrogen) atoms. The van der Waals surface area contributed by atoms with Gasteiger partial charge in [-0.2, -0.15) is 0 Å². The van der Waals surface area contributed by atoms with Crippen molar-refractivity contribution in [3.63, 3.8) is 0 Å². The summed E-state index contributed by atoms with van der Waals surface area (Å²) in [6.07, 6.45) is 3.88. The molecule has 2 unspecified atom stereocenters. The number of hydrogen-bond donors (Lipinski definition) is 0. The van der Waals surface area contributed by atoms with Crippen LogP contribution in [0.4, 0.5) is 0 Å². The van der Waals surface area contributed by atoms with Gasteiger partial charge in [0.1, 0.15) is 6.10 Å². The molecule has 0 saturated heterocycles. The van der Waals surface area contributed by atoms with Crippen molar-refractivity contribution in [1.82, 2.24) is 4.31 Å². The predicted molar refractivity (Wildman–Crippen MR) is 91.9 cm³/mol. The molecule has 128 valence electrons. The number of benzene rings is 1. The Kier molecular flexibility index (Phi) is 5.86. The highest BCUT2D eigenvalue weighted by atomic mass is 79.9. The second kappa shape index (κ2) is 7.32. The molecule has 1 fully saturated rings. The number of hydrogen-bond acceptors (Lipinski definition) is 4. The molecular formula is C16H22BrNO4S. The van der Waals surface area contributed by atoms with Gasteiger partial charge in [0.25, 0.3) is 0 Å². The number of halogens is 1. The zero-order valence-corrected chi connectivity index (χ0v) is 16.0. The maximum absolute atomic E-state index is 12.3. The monoisotopic (exact) mass is 403 g/mol. The van der Waals surface area contributed by atoms with Gasteiger partial charge in [0.2, 0.25) is 10.0 Å². The molecule has 1 aromatic carbocycles. The zero-order valence-electron chi connectivity index (χ0n) is 13.6. The van der Waals surface area contributed by atoms with Crippen LogP contribution in [0.2, 0.25) is 0 Å². The molecule has 0 aliphatic heterocycles. The highest BCUT2D eigenvalue weighted by Gasteiger charge is 2.25. The molecule has 1 aromatic rings. The van der Waals surface area contributed by atoms with Gasteiger partial charge in [0.05, 0.1) is 10.5 Å². The van der Waals surface area contributed by atoms with Crippen molar-refractivity contribution in [1.29, 1.82) is 0 Å². The minimum Gasteiger partial charge on any atom is -0.459 e. The largest absolute Gasteiger partial charge is 0.459 e. The Morgan fingerprint density at radius 3 is 2.61 bits per heavy atom. The molecular weight excluding hydrogens is 382 g/mol. The van der Waals surface area contributed by atoms with Gasteiger partial charge >= 0.3 is 5.97 Å². The first-order chi connectivity index (χ1) is 10.7. The van der Waals surface area contributed by atoms with Gasteiger partial charge in [-0.3, -0.25) is 0 Å². The van der Waals surface area contributed by atoms with Gasteiger partial charge < -0.3 is 4.74 Å². The lowest BCUT2D eigenvalue weighted by Gasteiger charge is -2.26.